The molecule has 1 aliphatic heterocycles. The first-order valence-corrected chi connectivity index (χ1v) is 7.96. The number of carbonyl (C=O) groups is 1. The van der Waals surface area contributed by atoms with Gasteiger partial charge in [0.1, 0.15) is 5.71 Å². The number of benzene rings is 2. The van der Waals surface area contributed by atoms with Crippen molar-refractivity contribution in [1.82, 2.24) is 0 Å². The molecule has 4 heteroatoms. The summed E-state index contributed by atoms with van der Waals surface area (Å²) in [6, 6.07) is 13.8. The summed E-state index contributed by atoms with van der Waals surface area (Å²) in [5, 5.41) is 0. The number of carbonyl (C=O) groups excluding carboxylic acids is 1. The van der Waals surface area contributed by atoms with E-state index in [1.54, 1.807) is 4.90 Å². The van der Waals surface area contributed by atoms with Crippen molar-refractivity contribution in [3.63, 3.8) is 0 Å². The minimum absolute atomic E-state index is 0.0186. The molecule has 0 fully saturated rings. The van der Waals surface area contributed by atoms with Crippen LogP contribution in [0.15, 0.2) is 47.5 Å². The van der Waals surface area contributed by atoms with Crippen molar-refractivity contribution in [2.75, 3.05) is 11.4 Å². The molecule has 0 atom stereocenters. The molecule has 106 valence electrons. The first-order chi connectivity index (χ1) is 10.1. The number of fused-ring (bicyclic) bond motifs is 1. The predicted molar refractivity (Wildman–Crippen MR) is 94.6 cm³/mol. The standard InChI is InChI=1S/C17H15IN2O/c1-3-20-15-7-5-4-6-13(15)16(17(20)21)19-12-8-9-14(18)11(2)10-12/h4-10H,3H2,1-2H3. The van der Waals surface area contributed by atoms with Crippen LogP contribution in [0.5, 0.6) is 0 Å². The van der Waals surface area contributed by atoms with Gasteiger partial charge in [-0.05, 0) is 66.3 Å². The lowest BCUT2D eigenvalue weighted by atomic mass is 10.1. The van der Waals surface area contributed by atoms with Crippen molar-refractivity contribution in [3.8, 4) is 0 Å². The number of nitrogens with zero attached hydrogens (tertiary/aromatic N) is 2. The highest BCUT2D eigenvalue weighted by molar-refractivity contribution is 14.1. The van der Waals surface area contributed by atoms with Crippen LogP contribution in [0.25, 0.3) is 0 Å². The molecule has 0 saturated heterocycles. The van der Waals surface area contributed by atoms with E-state index in [-0.39, 0.29) is 5.91 Å². The predicted octanol–water partition coefficient (Wildman–Crippen LogP) is 4.09. The Morgan fingerprint density at radius 3 is 2.67 bits per heavy atom. The fourth-order valence-corrected chi connectivity index (χ4v) is 2.85. The molecule has 0 spiro atoms. The molecule has 0 aliphatic carbocycles. The zero-order chi connectivity index (χ0) is 15.0. The van der Waals surface area contributed by atoms with Gasteiger partial charge in [0.25, 0.3) is 5.91 Å². The summed E-state index contributed by atoms with van der Waals surface area (Å²) < 4.78 is 1.20. The van der Waals surface area contributed by atoms with Crippen LogP contribution in [-0.4, -0.2) is 18.2 Å². The number of anilines is 1. The summed E-state index contributed by atoms with van der Waals surface area (Å²) in [7, 11) is 0. The van der Waals surface area contributed by atoms with Gasteiger partial charge in [-0.2, -0.15) is 0 Å². The zero-order valence-corrected chi connectivity index (χ0v) is 14.1. The van der Waals surface area contributed by atoms with Crippen LogP contribution in [-0.2, 0) is 4.79 Å². The Kier molecular flexibility index (Phi) is 3.80. The Labute approximate surface area is 137 Å². The number of amides is 1. The monoisotopic (exact) mass is 390 g/mol. The summed E-state index contributed by atoms with van der Waals surface area (Å²) in [5.41, 5.74) is 4.40. The van der Waals surface area contributed by atoms with Crippen molar-refractivity contribution in [1.29, 1.82) is 0 Å². The largest absolute Gasteiger partial charge is 0.307 e. The van der Waals surface area contributed by atoms with Crippen LogP contribution in [0.3, 0.4) is 0 Å². The number of aliphatic imine (C=N–C) groups is 1. The van der Waals surface area contributed by atoms with Gasteiger partial charge in [-0.25, -0.2) is 4.99 Å². The van der Waals surface area contributed by atoms with Gasteiger partial charge >= 0.3 is 0 Å². The van der Waals surface area contributed by atoms with Crippen LogP contribution >= 0.6 is 22.6 Å². The fourth-order valence-electron chi connectivity index (χ4n) is 2.51. The van der Waals surface area contributed by atoms with Crippen LogP contribution in [0.1, 0.15) is 18.1 Å². The molecule has 1 amide bonds. The van der Waals surface area contributed by atoms with Gasteiger partial charge in [0, 0.05) is 15.7 Å². The zero-order valence-electron chi connectivity index (χ0n) is 11.9. The average molecular weight is 390 g/mol. The highest BCUT2D eigenvalue weighted by atomic mass is 127. The third-order valence-corrected chi connectivity index (χ3v) is 4.81. The molecule has 2 aromatic carbocycles. The van der Waals surface area contributed by atoms with Gasteiger partial charge in [-0.1, -0.05) is 18.2 Å². The maximum absolute atomic E-state index is 12.5. The summed E-state index contributed by atoms with van der Waals surface area (Å²) in [6.07, 6.45) is 0. The third kappa shape index (κ3) is 2.48. The van der Waals surface area contributed by atoms with E-state index in [1.807, 2.05) is 56.3 Å². The van der Waals surface area contributed by atoms with Crippen LogP contribution in [0, 0.1) is 10.5 Å². The molecular formula is C17H15IN2O. The SMILES string of the molecule is CCN1C(=O)C(=Nc2ccc(I)c(C)c2)c2ccccc21. The normalized spacial score (nSPS) is 15.7. The van der Waals surface area contributed by atoms with Crippen molar-refractivity contribution in [2.45, 2.75) is 13.8 Å². The quantitative estimate of drug-likeness (QED) is 0.712. The number of aryl methyl sites for hydroxylation is 1. The van der Waals surface area contributed by atoms with Gasteiger partial charge in [0.2, 0.25) is 0 Å². The maximum atomic E-state index is 12.5. The first kappa shape index (κ1) is 14.3. The average Bonchev–Trinajstić information content (AvgIpc) is 2.75. The minimum Gasteiger partial charge on any atom is -0.307 e. The van der Waals surface area contributed by atoms with Crippen molar-refractivity contribution < 1.29 is 4.79 Å². The molecule has 0 bridgehead atoms. The summed E-state index contributed by atoms with van der Waals surface area (Å²) in [4.78, 5) is 18.9. The van der Waals surface area contributed by atoms with Gasteiger partial charge in [-0.15, -0.1) is 0 Å². The summed E-state index contributed by atoms with van der Waals surface area (Å²) in [6.45, 7) is 4.68. The van der Waals surface area contributed by atoms with Crippen molar-refractivity contribution in [2.24, 2.45) is 4.99 Å². The van der Waals surface area contributed by atoms with Gasteiger partial charge in [0.15, 0.2) is 0 Å². The van der Waals surface area contributed by atoms with Crippen LogP contribution < -0.4 is 4.90 Å². The van der Waals surface area contributed by atoms with Crippen molar-refractivity contribution in [3.05, 3.63) is 57.2 Å². The van der Waals surface area contributed by atoms with E-state index < -0.39 is 0 Å². The Morgan fingerprint density at radius 2 is 1.95 bits per heavy atom. The molecule has 0 N–H and O–H groups in total. The molecule has 0 radical (unpaired) electrons. The van der Waals surface area contributed by atoms with E-state index in [0.717, 1.165) is 16.9 Å². The molecule has 21 heavy (non-hydrogen) atoms. The number of hydrogen-bond acceptors (Lipinski definition) is 2. The molecule has 2 aromatic rings. The van der Waals surface area contributed by atoms with E-state index in [1.165, 1.54) is 9.13 Å². The molecule has 0 unspecified atom stereocenters. The second kappa shape index (κ2) is 5.60. The Hall–Kier alpha value is -1.69. The molecule has 3 nitrogen and oxygen atoms in total. The highest BCUT2D eigenvalue weighted by Crippen LogP contribution is 2.30. The fraction of sp³-hybridized carbons (Fsp3) is 0.176. The number of hydrogen-bond donors (Lipinski definition) is 0. The lowest BCUT2D eigenvalue weighted by Crippen LogP contribution is -2.29. The van der Waals surface area contributed by atoms with E-state index in [2.05, 4.69) is 27.6 Å². The second-order valence-corrected chi connectivity index (χ2v) is 6.12. The van der Waals surface area contributed by atoms with Gasteiger partial charge < -0.3 is 4.90 Å². The van der Waals surface area contributed by atoms with E-state index in [0.29, 0.717) is 12.3 Å². The maximum Gasteiger partial charge on any atom is 0.277 e. The highest BCUT2D eigenvalue weighted by Gasteiger charge is 2.32. The van der Waals surface area contributed by atoms with Crippen molar-refractivity contribution >= 4 is 45.6 Å². The Morgan fingerprint density at radius 1 is 1.19 bits per heavy atom. The summed E-state index contributed by atoms with van der Waals surface area (Å²) in [5.74, 6) is -0.0186. The molecule has 0 saturated carbocycles. The molecule has 3 rings (SSSR count). The lowest BCUT2D eigenvalue weighted by molar-refractivity contribution is -0.112. The number of likely N-dealkylation sites (N-methyl/N-ethyl adjacent to an activating group) is 1. The van der Waals surface area contributed by atoms with Crippen LogP contribution in [0.2, 0.25) is 0 Å². The van der Waals surface area contributed by atoms with Gasteiger partial charge in [-0.3, -0.25) is 4.79 Å². The van der Waals surface area contributed by atoms with Gasteiger partial charge in [0.05, 0.1) is 11.4 Å². The van der Waals surface area contributed by atoms with E-state index >= 15 is 0 Å². The lowest BCUT2D eigenvalue weighted by Gasteiger charge is -2.12. The number of halogens is 1. The smallest absolute Gasteiger partial charge is 0.277 e. The Balaban J connectivity index is 2.11. The van der Waals surface area contributed by atoms with Crippen LogP contribution in [0.4, 0.5) is 11.4 Å². The number of rotatable bonds is 2. The second-order valence-electron chi connectivity index (χ2n) is 4.96. The first-order valence-electron chi connectivity index (χ1n) is 6.88. The van der Waals surface area contributed by atoms with E-state index in [4.69, 9.17) is 0 Å². The topological polar surface area (TPSA) is 32.7 Å². The summed E-state index contributed by atoms with van der Waals surface area (Å²) >= 11 is 2.30. The number of para-hydroxylation sites is 1. The minimum atomic E-state index is -0.0186. The third-order valence-electron chi connectivity index (χ3n) is 3.60. The molecule has 0 aromatic heterocycles. The van der Waals surface area contributed by atoms with E-state index in [9.17, 15) is 4.79 Å². The molecule has 1 heterocycles. The Bertz CT molecular complexity index is 752. The molecular weight excluding hydrogens is 375 g/mol. The molecule has 1 aliphatic rings.